The first-order chi connectivity index (χ1) is 5.61. The normalized spacial score (nSPS) is 11.6. The van der Waals surface area contributed by atoms with Crippen molar-refractivity contribution in [1.82, 2.24) is 9.55 Å². The molecule has 0 aromatic carbocycles. The van der Waals surface area contributed by atoms with Gasteiger partial charge in [0, 0.05) is 18.9 Å². The number of aromatic nitrogens is 2. The molecule has 0 N–H and O–H groups in total. The molecule has 12 heavy (non-hydrogen) atoms. The molecule has 3 heteroatoms. The Morgan fingerprint density at radius 1 is 1.67 bits per heavy atom. The minimum Gasteiger partial charge on any atom is -0.334 e. The number of aryl methyl sites for hydroxylation is 1. The van der Waals surface area contributed by atoms with Gasteiger partial charge < -0.3 is 9.36 Å². The lowest BCUT2D eigenvalue weighted by Crippen LogP contribution is -2.24. The second kappa shape index (κ2) is 3.09. The maximum atomic E-state index is 10.7. The van der Waals surface area contributed by atoms with Gasteiger partial charge in [-0.05, 0) is 20.8 Å². The van der Waals surface area contributed by atoms with E-state index >= 15 is 0 Å². The van der Waals surface area contributed by atoms with E-state index < -0.39 is 5.41 Å². The van der Waals surface area contributed by atoms with Crippen LogP contribution in [0.25, 0.3) is 0 Å². The highest BCUT2D eigenvalue weighted by Gasteiger charge is 2.24. The van der Waals surface area contributed by atoms with Crippen LogP contribution in [0.5, 0.6) is 0 Å². The Morgan fingerprint density at radius 3 is 2.83 bits per heavy atom. The molecule has 0 fully saturated rings. The van der Waals surface area contributed by atoms with Crippen LogP contribution in [0.2, 0.25) is 0 Å². The molecule has 0 saturated carbocycles. The smallest absolute Gasteiger partial charge is 0.133 e. The summed E-state index contributed by atoms with van der Waals surface area (Å²) in [6.45, 7) is 6.63. The van der Waals surface area contributed by atoms with Crippen LogP contribution in [0.1, 0.15) is 26.6 Å². The van der Waals surface area contributed by atoms with Gasteiger partial charge in [0.05, 0.1) is 5.41 Å². The monoisotopic (exact) mass is 166 g/mol. The van der Waals surface area contributed by atoms with Crippen LogP contribution in [0, 0.1) is 0 Å². The molecule has 1 rings (SSSR count). The topological polar surface area (TPSA) is 34.9 Å². The molecule has 0 saturated heterocycles. The quantitative estimate of drug-likeness (QED) is 0.636. The Morgan fingerprint density at radius 2 is 2.33 bits per heavy atom. The van der Waals surface area contributed by atoms with Crippen molar-refractivity contribution in [2.24, 2.45) is 0 Å². The molecule has 0 aliphatic rings. The number of carbonyl (C=O) groups is 1. The SMILES string of the molecule is CCn1ccnc1C(C)(C)C=O. The molecule has 0 aliphatic heterocycles. The summed E-state index contributed by atoms with van der Waals surface area (Å²) < 4.78 is 1.98. The fraction of sp³-hybridized carbons (Fsp3) is 0.556. The molecule has 0 bridgehead atoms. The first kappa shape index (κ1) is 8.97. The van der Waals surface area contributed by atoms with Gasteiger partial charge in [0.15, 0.2) is 0 Å². The molecule has 0 aliphatic carbocycles. The lowest BCUT2D eigenvalue weighted by molar-refractivity contribution is -0.111. The highest BCUT2D eigenvalue weighted by molar-refractivity contribution is 5.65. The number of aldehydes is 1. The Balaban J connectivity index is 3.08. The summed E-state index contributed by atoms with van der Waals surface area (Å²) in [5.41, 5.74) is -0.473. The van der Waals surface area contributed by atoms with Crippen molar-refractivity contribution in [3.05, 3.63) is 18.2 Å². The summed E-state index contributed by atoms with van der Waals surface area (Å²) in [6, 6.07) is 0. The van der Waals surface area contributed by atoms with Crippen LogP contribution < -0.4 is 0 Å². The van der Waals surface area contributed by atoms with Crippen molar-refractivity contribution >= 4 is 6.29 Å². The molecule has 0 amide bonds. The van der Waals surface area contributed by atoms with E-state index in [4.69, 9.17) is 0 Å². The van der Waals surface area contributed by atoms with Gasteiger partial charge >= 0.3 is 0 Å². The molecule has 0 spiro atoms. The number of hydrogen-bond acceptors (Lipinski definition) is 2. The van der Waals surface area contributed by atoms with Crippen molar-refractivity contribution < 1.29 is 4.79 Å². The van der Waals surface area contributed by atoms with Crippen molar-refractivity contribution in [3.8, 4) is 0 Å². The van der Waals surface area contributed by atoms with E-state index in [1.807, 2.05) is 31.5 Å². The predicted octanol–water partition coefficient (Wildman–Crippen LogP) is 1.38. The second-order valence-corrected chi connectivity index (χ2v) is 3.38. The second-order valence-electron chi connectivity index (χ2n) is 3.38. The van der Waals surface area contributed by atoms with Gasteiger partial charge in [0.2, 0.25) is 0 Å². The summed E-state index contributed by atoms with van der Waals surface area (Å²) in [7, 11) is 0. The Hall–Kier alpha value is -1.12. The zero-order valence-corrected chi connectivity index (χ0v) is 7.74. The highest BCUT2D eigenvalue weighted by Crippen LogP contribution is 2.18. The van der Waals surface area contributed by atoms with Crippen LogP contribution >= 0.6 is 0 Å². The molecule has 0 radical (unpaired) electrons. The molecule has 0 unspecified atom stereocenters. The fourth-order valence-corrected chi connectivity index (χ4v) is 1.17. The van der Waals surface area contributed by atoms with Crippen molar-refractivity contribution in [3.63, 3.8) is 0 Å². The van der Waals surface area contributed by atoms with E-state index in [2.05, 4.69) is 4.98 Å². The van der Waals surface area contributed by atoms with E-state index in [1.54, 1.807) is 6.20 Å². The zero-order valence-electron chi connectivity index (χ0n) is 7.74. The Bertz CT molecular complexity index is 276. The number of hydrogen-bond donors (Lipinski definition) is 0. The van der Waals surface area contributed by atoms with Crippen LogP contribution in [0.15, 0.2) is 12.4 Å². The van der Waals surface area contributed by atoms with E-state index in [1.165, 1.54) is 0 Å². The number of nitrogens with zero attached hydrogens (tertiary/aromatic N) is 2. The third-order valence-corrected chi connectivity index (χ3v) is 1.93. The Kier molecular flexibility index (Phi) is 2.31. The molecule has 3 nitrogen and oxygen atoms in total. The highest BCUT2D eigenvalue weighted by atomic mass is 16.1. The van der Waals surface area contributed by atoms with Gasteiger partial charge in [-0.15, -0.1) is 0 Å². The van der Waals surface area contributed by atoms with Crippen molar-refractivity contribution in [2.45, 2.75) is 32.7 Å². The average Bonchev–Trinajstić information content (AvgIpc) is 2.52. The van der Waals surface area contributed by atoms with Gasteiger partial charge in [-0.3, -0.25) is 0 Å². The van der Waals surface area contributed by atoms with Gasteiger partial charge in [-0.25, -0.2) is 4.98 Å². The molecule has 0 atom stereocenters. The van der Waals surface area contributed by atoms with E-state index in [0.29, 0.717) is 0 Å². The fourth-order valence-electron chi connectivity index (χ4n) is 1.17. The molecule has 1 heterocycles. The minimum absolute atomic E-state index is 0.473. The summed E-state index contributed by atoms with van der Waals surface area (Å²) >= 11 is 0. The van der Waals surface area contributed by atoms with Crippen LogP contribution in [0.3, 0.4) is 0 Å². The predicted molar refractivity (Wildman–Crippen MR) is 47.0 cm³/mol. The summed E-state index contributed by atoms with van der Waals surface area (Å²) in [6.07, 6.45) is 4.55. The summed E-state index contributed by atoms with van der Waals surface area (Å²) in [4.78, 5) is 14.9. The average molecular weight is 166 g/mol. The molecular formula is C9H14N2O. The zero-order chi connectivity index (χ0) is 9.19. The molecule has 1 aromatic heterocycles. The van der Waals surface area contributed by atoms with Crippen molar-refractivity contribution in [1.29, 1.82) is 0 Å². The van der Waals surface area contributed by atoms with E-state index in [-0.39, 0.29) is 0 Å². The van der Waals surface area contributed by atoms with E-state index in [0.717, 1.165) is 18.7 Å². The summed E-state index contributed by atoms with van der Waals surface area (Å²) in [5.74, 6) is 0.833. The first-order valence-electron chi connectivity index (χ1n) is 4.09. The van der Waals surface area contributed by atoms with Gasteiger partial charge in [0.25, 0.3) is 0 Å². The third kappa shape index (κ3) is 1.40. The minimum atomic E-state index is -0.473. The third-order valence-electron chi connectivity index (χ3n) is 1.93. The first-order valence-corrected chi connectivity index (χ1v) is 4.09. The van der Waals surface area contributed by atoms with Crippen LogP contribution in [-0.4, -0.2) is 15.8 Å². The number of rotatable bonds is 3. The van der Waals surface area contributed by atoms with Crippen LogP contribution in [-0.2, 0) is 16.8 Å². The Labute approximate surface area is 72.4 Å². The number of carbonyl (C=O) groups excluding carboxylic acids is 1. The van der Waals surface area contributed by atoms with Gasteiger partial charge in [-0.1, -0.05) is 0 Å². The summed E-state index contributed by atoms with van der Waals surface area (Å²) in [5, 5.41) is 0. The lowest BCUT2D eigenvalue weighted by atomic mass is 9.95. The molecule has 1 aromatic rings. The molecular weight excluding hydrogens is 152 g/mol. The van der Waals surface area contributed by atoms with Crippen LogP contribution in [0.4, 0.5) is 0 Å². The maximum absolute atomic E-state index is 10.7. The van der Waals surface area contributed by atoms with Gasteiger partial charge in [0.1, 0.15) is 12.1 Å². The standard InChI is InChI=1S/C9H14N2O/c1-4-11-6-5-10-8(11)9(2,3)7-12/h5-7H,4H2,1-3H3. The largest absolute Gasteiger partial charge is 0.334 e. The maximum Gasteiger partial charge on any atom is 0.133 e. The van der Waals surface area contributed by atoms with E-state index in [9.17, 15) is 4.79 Å². The van der Waals surface area contributed by atoms with Gasteiger partial charge in [-0.2, -0.15) is 0 Å². The molecule has 66 valence electrons. The lowest BCUT2D eigenvalue weighted by Gasteiger charge is -2.17. The number of imidazole rings is 1. The van der Waals surface area contributed by atoms with Crippen molar-refractivity contribution in [2.75, 3.05) is 0 Å².